The molecule has 3 saturated heterocycles. The number of likely N-dealkylation sites (tertiary alicyclic amines) is 1. The summed E-state index contributed by atoms with van der Waals surface area (Å²) in [5.41, 5.74) is 7.30. The van der Waals surface area contributed by atoms with E-state index in [0.29, 0.717) is 65.6 Å². The van der Waals surface area contributed by atoms with Crippen molar-refractivity contribution in [3.63, 3.8) is 0 Å². The van der Waals surface area contributed by atoms with Gasteiger partial charge in [0, 0.05) is 42.9 Å². The number of carbonyl (C=O) groups is 1. The lowest BCUT2D eigenvalue weighted by molar-refractivity contribution is -0.126. The average Bonchev–Trinajstić information content (AvgIpc) is 3.86. The second-order valence-electron chi connectivity index (χ2n) is 13.1. The number of fused-ring (bicyclic) bond motifs is 3. The van der Waals surface area contributed by atoms with Crippen LogP contribution in [-0.4, -0.2) is 82.8 Å². The Morgan fingerprint density at radius 1 is 1.22 bits per heavy atom. The SMILES string of the molecule is C=CC(=O)N1CC[C@@H](N(C)c2nc(OC[C@@]34CCCN3C[C@H](F)C4)nc3c(C#N)c(-c4ccc(F)c5sc(N)c(C#N)c45)ccc23)[C@H]1CC. The maximum Gasteiger partial charge on any atom is 0.319 e. The second-order valence-corrected chi connectivity index (χ2v) is 14.2. The van der Waals surface area contributed by atoms with Crippen LogP contribution in [0.2, 0.25) is 0 Å². The van der Waals surface area contributed by atoms with Crippen LogP contribution < -0.4 is 15.4 Å². The van der Waals surface area contributed by atoms with Crippen molar-refractivity contribution < 1.29 is 18.3 Å². The molecule has 0 bridgehead atoms. The summed E-state index contributed by atoms with van der Waals surface area (Å²) in [5.74, 6) is -0.112. The van der Waals surface area contributed by atoms with Gasteiger partial charge in [-0.1, -0.05) is 25.6 Å². The number of amides is 1. The summed E-state index contributed by atoms with van der Waals surface area (Å²) in [6, 6.07) is 10.7. The Morgan fingerprint density at radius 3 is 2.73 bits per heavy atom. The molecule has 3 aliphatic rings. The Bertz CT molecular complexity index is 2090. The van der Waals surface area contributed by atoms with Gasteiger partial charge in [-0.15, -0.1) is 11.3 Å². The van der Waals surface area contributed by atoms with E-state index in [1.54, 1.807) is 12.1 Å². The highest BCUT2D eigenvalue weighted by Gasteiger charge is 2.49. The lowest BCUT2D eigenvalue weighted by Crippen LogP contribution is -2.45. The smallest absolute Gasteiger partial charge is 0.319 e. The number of carbonyl (C=O) groups excluding carboxylic acids is 1. The largest absolute Gasteiger partial charge is 0.461 e. The minimum atomic E-state index is -0.928. The summed E-state index contributed by atoms with van der Waals surface area (Å²) in [7, 11) is 1.92. The van der Waals surface area contributed by atoms with Crippen LogP contribution in [-0.2, 0) is 4.79 Å². The van der Waals surface area contributed by atoms with Gasteiger partial charge in [0.2, 0.25) is 5.91 Å². The van der Waals surface area contributed by atoms with Crippen molar-refractivity contribution in [1.82, 2.24) is 19.8 Å². The number of ether oxygens (including phenoxy) is 1. The average molecular weight is 683 g/mol. The first-order chi connectivity index (χ1) is 23.6. The number of benzene rings is 2. The summed E-state index contributed by atoms with van der Waals surface area (Å²) in [6.07, 6.45) is 3.94. The number of aromatic nitrogens is 2. The van der Waals surface area contributed by atoms with Crippen LogP contribution >= 0.6 is 11.3 Å². The highest BCUT2D eigenvalue weighted by Crippen LogP contribution is 2.44. The molecule has 3 aliphatic heterocycles. The number of thiophene rings is 1. The van der Waals surface area contributed by atoms with Crippen molar-refractivity contribution in [1.29, 1.82) is 10.5 Å². The van der Waals surface area contributed by atoms with Crippen LogP contribution in [0.1, 0.15) is 50.2 Å². The fourth-order valence-electron chi connectivity index (χ4n) is 8.33. The molecule has 1 amide bonds. The molecule has 4 atom stereocenters. The molecule has 0 aliphatic carbocycles. The van der Waals surface area contributed by atoms with Crippen molar-refractivity contribution >= 4 is 49.1 Å². The molecule has 13 heteroatoms. The standard InChI is InChI=1S/C36H36F2N8O2S/c1-4-27-28(11-14-46(27)29(47)5-2)44(3)34-23-8-7-21(22-9-10-26(38)32-30(22)25(17-40)33(41)49-32)24(16-39)31(23)42-35(43-34)48-19-36-12-6-13-45(36)18-20(37)15-36/h5,7-10,20,27-28H,2,4,6,11-15,18-19,41H2,1,3H3/t20-,27-,28-,36+/m1/s1. The van der Waals surface area contributed by atoms with Gasteiger partial charge in [-0.2, -0.15) is 20.5 Å². The van der Waals surface area contributed by atoms with Gasteiger partial charge in [0.15, 0.2) is 0 Å². The molecule has 252 valence electrons. The second kappa shape index (κ2) is 12.6. The van der Waals surface area contributed by atoms with Crippen LogP contribution in [0.5, 0.6) is 6.01 Å². The molecule has 2 aromatic carbocycles. The molecule has 0 unspecified atom stereocenters. The van der Waals surface area contributed by atoms with Crippen molar-refractivity contribution in [2.75, 3.05) is 43.9 Å². The number of rotatable bonds is 8. The monoisotopic (exact) mass is 682 g/mol. The first kappa shape index (κ1) is 32.7. The van der Waals surface area contributed by atoms with E-state index >= 15 is 0 Å². The summed E-state index contributed by atoms with van der Waals surface area (Å²) in [6.45, 7) is 7.66. The number of nitrogen functional groups attached to an aromatic ring is 1. The van der Waals surface area contributed by atoms with Gasteiger partial charge in [0.05, 0.1) is 39.0 Å². The zero-order chi connectivity index (χ0) is 34.6. The zero-order valence-corrected chi connectivity index (χ0v) is 28.2. The minimum absolute atomic E-state index is 0.0540. The Labute approximate surface area is 287 Å². The molecule has 3 fully saturated rings. The van der Waals surface area contributed by atoms with E-state index in [1.165, 1.54) is 12.1 Å². The van der Waals surface area contributed by atoms with Gasteiger partial charge in [-0.05, 0) is 56.0 Å². The molecule has 0 spiro atoms. The third-order valence-corrected chi connectivity index (χ3v) is 11.6. The summed E-state index contributed by atoms with van der Waals surface area (Å²) in [5, 5.41) is 21.8. The van der Waals surface area contributed by atoms with Gasteiger partial charge >= 0.3 is 6.01 Å². The third-order valence-electron chi connectivity index (χ3n) is 10.6. The number of nitrogens with two attached hydrogens (primary N) is 1. The fraction of sp³-hybridized carbons (Fsp3) is 0.417. The normalized spacial score (nSPS) is 23.5. The van der Waals surface area contributed by atoms with Crippen LogP contribution in [0, 0.1) is 28.5 Å². The van der Waals surface area contributed by atoms with Gasteiger partial charge in [0.1, 0.15) is 41.6 Å². The number of likely N-dealkylation sites (N-methyl/N-ethyl adjacent to an activating group) is 1. The molecule has 10 nitrogen and oxygen atoms in total. The van der Waals surface area contributed by atoms with E-state index in [0.717, 1.165) is 30.7 Å². The van der Waals surface area contributed by atoms with E-state index < -0.39 is 17.5 Å². The highest BCUT2D eigenvalue weighted by atomic mass is 32.1. The predicted molar refractivity (Wildman–Crippen MR) is 186 cm³/mol. The van der Waals surface area contributed by atoms with Crippen molar-refractivity contribution in [2.24, 2.45) is 0 Å². The molecular weight excluding hydrogens is 647 g/mol. The van der Waals surface area contributed by atoms with Gasteiger partial charge < -0.3 is 20.3 Å². The third kappa shape index (κ3) is 5.23. The van der Waals surface area contributed by atoms with E-state index in [4.69, 9.17) is 20.4 Å². The van der Waals surface area contributed by atoms with Crippen LogP contribution in [0.3, 0.4) is 0 Å². The lowest BCUT2D eigenvalue weighted by Gasteiger charge is -2.34. The van der Waals surface area contributed by atoms with Gasteiger partial charge in [-0.3, -0.25) is 9.69 Å². The van der Waals surface area contributed by atoms with E-state index in [9.17, 15) is 24.1 Å². The molecule has 2 aromatic heterocycles. The molecule has 2 N–H and O–H groups in total. The van der Waals surface area contributed by atoms with Crippen molar-refractivity contribution in [3.05, 3.63) is 53.9 Å². The Balaban J connectivity index is 1.39. The van der Waals surface area contributed by atoms with E-state index in [2.05, 4.69) is 23.6 Å². The maximum atomic E-state index is 15.0. The van der Waals surface area contributed by atoms with E-state index in [-0.39, 0.29) is 51.4 Å². The van der Waals surface area contributed by atoms with Crippen LogP contribution in [0.25, 0.3) is 32.1 Å². The minimum Gasteiger partial charge on any atom is -0.461 e. The van der Waals surface area contributed by atoms with Crippen molar-refractivity contribution in [3.8, 4) is 29.3 Å². The number of nitrogens with zero attached hydrogens (tertiary/aromatic N) is 7. The number of hydrogen-bond acceptors (Lipinski definition) is 10. The molecule has 4 aromatic rings. The maximum absolute atomic E-state index is 15.0. The van der Waals surface area contributed by atoms with Crippen molar-refractivity contribution in [2.45, 2.75) is 62.8 Å². The van der Waals surface area contributed by atoms with Crippen LogP contribution in [0.4, 0.5) is 19.6 Å². The molecule has 49 heavy (non-hydrogen) atoms. The van der Waals surface area contributed by atoms with Gasteiger partial charge in [-0.25, -0.2) is 8.78 Å². The number of anilines is 2. The summed E-state index contributed by atoms with van der Waals surface area (Å²) < 4.78 is 36.1. The van der Waals surface area contributed by atoms with E-state index in [1.807, 2.05) is 29.8 Å². The first-order valence-corrected chi connectivity index (χ1v) is 17.3. The Hall–Kier alpha value is -4.85. The number of halogens is 2. The van der Waals surface area contributed by atoms with Gasteiger partial charge in [0.25, 0.3) is 0 Å². The Kier molecular flexibility index (Phi) is 8.37. The predicted octanol–water partition coefficient (Wildman–Crippen LogP) is 5.93. The topological polar surface area (TPSA) is 135 Å². The Morgan fingerprint density at radius 2 is 2.00 bits per heavy atom. The van der Waals surface area contributed by atoms with Crippen LogP contribution in [0.15, 0.2) is 36.9 Å². The number of alkyl halides is 1. The fourth-order valence-corrected chi connectivity index (χ4v) is 9.28. The molecular formula is C36H36F2N8O2S. The number of hydrogen-bond donors (Lipinski definition) is 1. The summed E-state index contributed by atoms with van der Waals surface area (Å²) in [4.78, 5) is 28.4. The molecule has 0 saturated carbocycles. The molecule has 0 radical (unpaired) electrons. The number of nitriles is 2. The lowest BCUT2D eigenvalue weighted by atomic mass is 9.93. The highest BCUT2D eigenvalue weighted by molar-refractivity contribution is 7.23. The zero-order valence-electron chi connectivity index (χ0n) is 27.4. The molecule has 5 heterocycles. The quantitative estimate of drug-likeness (QED) is 0.224. The first-order valence-electron chi connectivity index (χ1n) is 16.5. The summed E-state index contributed by atoms with van der Waals surface area (Å²) >= 11 is 0.991. The molecule has 7 rings (SSSR count).